The monoisotopic (exact) mass is 1790 g/mol. The van der Waals surface area contributed by atoms with Crippen molar-refractivity contribution in [1.29, 1.82) is 0 Å². The minimum Gasteiger partial charge on any atom is -0.744 e. The van der Waals surface area contributed by atoms with E-state index >= 15 is 0 Å². The summed E-state index contributed by atoms with van der Waals surface area (Å²) in [6, 6.07) is 32.7. The molecule has 55 heteroatoms. The number of rotatable bonds is 20. The summed E-state index contributed by atoms with van der Waals surface area (Å²) in [5.41, 5.74) is -0.377. The van der Waals surface area contributed by atoms with Gasteiger partial charge < -0.3 is 36.4 Å². The Morgan fingerprint density at radius 2 is 0.470 bits per heavy atom. The number of hydrogen-bond acceptors (Lipinski definition) is 31. The topological polar surface area (TPSA) is 588 Å². The predicted molar refractivity (Wildman–Crippen MR) is 359 cm³/mol. The first-order valence-electron chi connectivity index (χ1n) is 29.4. The van der Waals surface area contributed by atoms with E-state index in [1.807, 2.05) is 0 Å². The van der Waals surface area contributed by atoms with Crippen molar-refractivity contribution < 1.29 is 325 Å². The Labute approximate surface area is 825 Å². The fraction of sp³-hybridized carbons (Fsp3) is 0. The molecule has 0 unspecified atom stereocenters. The van der Waals surface area contributed by atoms with Crippen LogP contribution in [0.5, 0.6) is 0 Å². The number of nitrogens with zero attached hydrogens (tertiary/aromatic N) is 12. The number of benzene rings is 10. The minimum atomic E-state index is -5.40. The van der Waals surface area contributed by atoms with Gasteiger partial charge in [0.25, 0.3) is 0 Å². The first-order chi connectivity index (χ1) is 50.0. The first kappa shape index (κ1) is 98.6. The summed E-state index contributed by atoms with van der Waals surface area (Å²) >= 11 is 0. The van der Waals surface area contributed by atoms with Crippen LogP contribution in [0.2, 0.25) is 0 Å². The molecule has 0 aliphatic carbocycles. The van der Waals surface area contributed by atoms with Crippen molar-refractivity contribution >= 4 is 178 Å². The van der Waals surface area contributed by atoms with E-state index in [2.05, 4.69) is 20.4 Å². The van der Waals surface area contributed by atoms with Gasteiger partial charge in [0.2, 0.25) is 0 Å². The molecule has 115 heavy (non-hydrogen) atoms. The molecule has 15 rings (SSSR count). The normalized spacial score (nSPS) is 12.5. The molecule has 551 valence electrons. The summed E-state index contributed by atoms with van der Waals surface area (Å²) in [5.74, 6) is 0. The molecule has 0 fully saturated rings. The molecule has 0 atom stereocenters. The maximum atomic E-state index is 12.8. The second kappa shape index (κ2) is 36.1. The van der Waals surface area contributed by atoms with Crippen molar-refractivity contribution in [3.63, 3.8) is 0 Å². The van der Waals surface area contributed by atoms with Crippen LogP contribution in [0.3, 0.4) is 0 Å². The molecule has 0 aliphatic heterocycles. The van der Waals surface area contributed by atoms with Gasteiger partial charge >= 0.3 is 207 Å². The first-order valence-corrected chi connectivity index (χ1v) is 40.6. The molecule has 10 aromatic carbocycles. The fourth-order valence-electron chi connectivity index (χ4n) is 11.3. The van der Waals surface area contributed by atoms with Gasteiger partial charge in [-0.3, -0.25) is 0 Å². The average molecular weight is 1790 g/mol. The van der Waals surface area contributed by atoms with E-state index in [1.54, 1.807) is 0 Å². The molecule has 0 N–H and O–H groups in total. The van der Waals surface area contributed by atoms with Crippen molar-refractivity contribution in [2.75, 3.05) is 0 Å². The van der Waals surface area contributed by atoms with Gasteiger partial charge in [-0.15, -0.1) is 20.4 Å². The van der Waals surface area contributed by atoms with E-state index < -0.39 is 120 Å². The van der Waals surface area contributed by atoms with Gasteiger partial charge in [-0.2, -0.15) is 9.59 Å². The zero-order chi connectivity index (χ0) is 76.4. The molecule has 5 aromatic heterocycles. The molecule has 0 spiro atoms. The predicted octanol–water partition coefficient (Wildman–Crippen LogP) is -16.8. The Kier molecular flexibility index (Phi) is 31.0. The molecule has 0 bridgehead atoms. The third kappa shape index (κ3) is 20.7. The summed E-state index contributed by atoms with van der Waals surface area (Å²) in [4.78, 5) is 0.963. The van der Waals surface area contributed by atoms with E-state index in [1.165, 1.54) is 109 Å². The quantitative estimate of drug-likeness (QED) is 0.0388. The fourth-order valence-corrected chi connectivity index (χ4v) is 16.7. The third-order valence-electron chi connectivity index (χ3n) is 16.3. The van der Waals surface area contributed by atoms with Crippen LogP contribution >= 0.6 is 0 Å². The van der Waals surface area contributed by atoms with Crippen molar-refractivity contribution in [1.82, 2.24) is 59.1 Å². The number of fused-ring (bicyclic) bond motifs is 6. The molecule has 15 aromatic rings. The summed E-state index contributed by atoms with van der Waals surface area (Å²) < 4.78 is 313. The largest absolute Gasteiger partial charge is 1.00 e. The van der Waals surface area contributed by atoms with Crippen molar-refractivity contribution in [2.45, 2.75) is 39.2 Å². The van der Waals surface area contributed by atoms with E-state index in [0.29, 0.717) is 23.5 Å². The molecular formula is C60H32N12Na8O27S8-. The molecule has 0 amide bonds. The summed E-state index contributed by atoms with van der Waals surface area (Å²) in [5, 5.41) is 16.5. The average Bonchev–Trinajstić information content (AvgIpc) is 1.74. The van der Waals surface area contributed by atoms with Crippen LogP contribution in [-0.2, 0) is 80.9 Å². The molecule has 1 radical (unpaired) electrons. The Hall–Kier alpha value is -3.52. The summed E-state index contributed by atoms with van der Waals surface area (Å²) in [7, 11) is -42.5. The van der Waals surface area contributed by atoms with Crippen LogP contribution in [0.25, 0.3) is 113 Å². The van der Waals surface area contributed by atoms with Crippen molar-refractivity contribution in [3.05, 3.63) is 192 Å². The van der Waals surface area contributed by atoms with Gasteiger partial charge in [0.05, 0.1) is 50.5 Å². The molecule has 0 saturated heterocycles. The summed E-state index contributed by atoms with van der Waals surface area (Å²) in [6.45, 7) is 0. The molecule has 0 aliphatic rings. The van der Waals surface area contributed by atoms with Gasteiger partial charge in [-0.1, -0.05) is 89.8 Å². The Balaban J connectivity index is 0.00000229. The van der Waals surface area contributed by atoms with Gasteiger partial charge in [-0.05, 0) is 156 Å². The van der Waals surface area contributed by atoms with Crippen LogP contribution in [-0.4, -0.2) is 192 Å². The third-order valence-corrected chi connectivity index (χ3v) is 23.2. The maximum Gasteiger partial charge on any atom is 1.00 e. The molecular weight excluding hydrogens is 1760 g/mol. The minimum absolute atomic E-state index is 0. The number of hydrogen-bond donors (Lipinski definition) is 0. The molecule has 39 nitrogen and oxygen atoms in total. The smallest absolute Gasteiger partial charge is 0.744 e. The zero-order valence-electron chi connectivity index (χ0n) is 60.1. The van der Waals surface area contributed by atoms with Gasteiger partial charge in [0.15, 0.2) is 0 Å². The van der Waals surface area contributed by atoms with Gasteiger partial charge in [0.1, 0.15) is 137 Å². The van der Waals surface area contributed by atoms with Crippen LogP contribution < -0.4 is 207 Å². The maximum absolute atomic E-state index is 12.8. The Bertz CT molecular complexity index is 6970. The van der Waals surface area contributed by atoms with E-state index in [4.69, 9.17) is 13.9 Å². The van der Waals surface area contributed by atoms with E-state index in [0.717, 1.165) is 112 Å². The number of aromatic nitrogens is 12. The van der Waals surface area contributed by atoms with Crippen molar-refractivity contribution in [2.24, 2.45) is 0 Å². The second-order valence-corrected chi connectivity index (χ2v) is 33.8. The van der Waals surface area contributed by atoms with Crippen LogP contribution in [0, 0.1) is 0 Å². The standard InChI is InChI=1S/C60H40N12O27S8.8Na/c73-100(74,75)45-29-49-47(57(31-45)106(91,92)93)21-23-51-59(49)63-65(61-51)37-13-17-39(18-14-37)67-69(97-67)41-9-5-33(53(25-41)102(79,80)81)1-3-35-7-11-43(27-55(35)104(85,86)87)71-72(99-71)44-12-8-36(56(28-44)105(88,89)90)4-2-34-6-10-42(26-54(34)103(82,83)84)70-68(98-70)40-19-15-38(16-20-40)66-62-52-24-22-48-50(60(52)64-66)30-46(101(76,77)78)32-58(48)107(94,95)96;;;;;;;;/h1-32H,(H,73,74,75)(H,76,77,78)(H,79,80,81)(H,82,83,84)(H,85,86,87)(H,88,89,90)(H,91,92,93)(H,94,95,96);;;;;;;;/q;;7*+1/p-8/b3-1+,4-2+;;;;;;;;. The molecule has 0 saturated carbocycles. The van der Waals surface area contributed by atoms with E-state index in [-0.39, 0.29) is 336 Å². The van der Waals surface area contributed by atoms with Gasteiger partial charge in [0, 0.05) is 51.1 Å². The van der Waals surface area contributed by atoms with Crippen LogP contribution in [0.4, 0.5) is 0 Å². The Morgan fingerprint density at radius 3 is 0.704 bits per heavy atom. The zero-order valence-corrected chi connectivity index (χ0v) is 82.7. The Morgan fingerprint density at radius 1 is 0.243 bits per heavy atom. The van der Waals surface area contributed by atoms with Crippen LogP contribution in [0.1, 0.15) is 22.3 Å². The van der Waals surface area contributed by atoms with Crippen LogP contribution in [0.15, 0.2) is 223 Å². The molecule has 5 heterocycles. The second-order valence-electron chi connectivity index (χ2n) is 23.0. The summed E-state index contributed by atoms with van der Waals surface area (Å²) in [6.07, 6.45) is 4.09. The van der Waals surface area contributed by atoms with Gasteiger partial charge in [-0.25, -0.2) is 81.2 Å². The van der Waals surface area contributed by atoms with E-state index in [9.17, 15) is 104 Å². The van der Waals surface area contributed by atoms with Crippen molar-refractivity contribution in [3.8, 4) is 45.5 Å². The SMILES string of the molecule is O=S(=O)([O-])c1cc(S(=O)(=O)[O-])c2ccc3nn(-c4ccc(-n5on5-c5ccc(/C=C/c6ccc(-n7on7-c7ccc(/C=C/c8ccc(-n9on9-c9ccc(-n%10nc%11ccc%12c(S(=O)(=O)[O-])cc(S(=O)(=O)[O-])cc%12c%11n%10)cc9)cc8S(=O)(=O)[O-])c(S(=O)(=O)[O-])c7)cc6S(=O)(=O)[O-])c(S(=O)(=O)[O-])c5)cc4)nc3c2c1.[Na+].[Na+].[Na+].[Na+].[Na+].[Na+].[Na+].[Na].